The van der Waals surface area contributed by atoms with Crippen LogP contribution in [0.2, 0.25) is 0 Å². The second-order valence-electron chi connectivity index (χ2n) is 3.98. The summed E-state index contributed by atoms with van der Waals surface area (Å²) in [6.45, 7) is 2.11. The summed E-state index contributed by atoms with van der Waals surface area (Å²) in [5.74, 6) is 0. The minimum atomic E-state index is -3.38. The molecule has 1 aromatic heterocycles. The van der Waals surface area contributed by atoms with Crippen molar-refractivity contribution in [2.75, 3.05) is 32.8 Å². The van der Waals surface area contributed by atoms with E-state index < -0.39 is 10.2 Å². The lowest BCUT2D eigenvalue weighted by Crippen LogP contribution is -2.47. The summed E-state index contributed by atoms with van der Waals surface area (Å²) in [7, 11) is -3.38. The summed E-state index contributed by atoms with van der Waals surface area (Å²) in [6, 6.07) is 5.60. The SMILES string of the molecule is O=S(=O)(NCCc1ccccn1)N1CCOCC1. The number of hydrogen-bond acceptors (Lipinski definition) is 4. The number of ether oxygens (including phenoxy) is 1. The van der Waals surface area contributed by atoms with Crippen LogP contribution in [0.1, 0.15) is 5.69 Å². The van der Waals surface area contributed by atoms with Crippen LogP contribution in [0, 0.1) is 0 Å². The molecule has 18 heavy (non-hydrogen) atoms. The lowest BCUT2D eigenvalue weighted by molar-refractivity contribution is 0.0725. The molecule has 0 bridgehead atoms. The summed E-state index contributed by atoms with van der Waals surface area (Å²) in [5.41, 5.74) is 0.877. The van der Waals surface area contributed by atoms with Crippen LogP contribution in [0.3, 0.4) is 0 Å². The van der Waals surface area contributed by atoms with Crippen molar-refractivity contribution in [2.24, 2.45) is 0 Å². The number of nitrogens with zero attached hydrogens (tertiary/aromatic N) is 2. The van der Waals surface area contributed by atoms with E-state index in [-0.39, 0.29) is 0 Å². The Morgan fingerprint density at radius 3 is 2.78 bits per heavy atom. The average molecular weight is 271 g/mol. The van der Waals surface area contributed by atoms with Crippen LogP contribution in [0.4, 0.5) is 0 Å². The van der Waals surface area contributed by atoms with Gasteiger partial charge in [0, 0.05) is 37.9 Å². The maximum Gasteiger partial charge on any atom is 0.279 e. The number of aromatic nitrogens is 1. The maximum atomic E-state index is 11.9. The molecule has 0 atom stereocenters. The van der Waals surface area contributed by atoms with Gasteiger partial charge in [-0.25, -0.2) is 4.72 Å². The normalized spacial score (nSPS) is 17.8. The van der Waals surface area contributed by atoms with Crippen molar-refractivity contribution in [3.05, 3.63) is 30.1 Å². The topological polar surface area (TPSA) is 71.5 Å². The molecule has 0 amide bonds. The fourth-order valence-electron chi connectivity index (χ4n) is 1.73. The van der Waals surface area contributed by atoms with Crippen LogP contribution in [0.15, 0.2) is 24.4 Å². The third kappa shape index (κ3) is 3.74. The van der Waals surface area contributed by atoms with Gasteiger partial charge in [0.25, 0.3) is 10.2 Å². The second kappa shape index (κ2) is 6.24. The van der Waals surface area contributed by atoms with Crippen molar-refractivity contribution in [2.45, 2.75) is 6.42 Å². The molecule has 1 aromatic rings. The summed E-state index contributed by atoms with van der Waals surface area (Å²) < 4.78 is 32.9. The van der Waals surface area contributed by atoms with Gasteiger partial charge in [-0.2, -0.15) is 12.7 Å². The fraction of sp³-hybridized carbons (Fsp3) is 0.545. The van der Waals surface area contributed by atoms with Crippen LogP contribution in [-0.4, -0.2) is 50.6 Å². The molecule has 1 saturated heterocycles. The van der Waals surface area contributed by atoms with Gasteiger partial charge in [-0.05, 0) is 12.1 Å². The first-order chi connectivity index (χ1) is 8.68. The molecule has 2 rings (SSSR count). The molecule has 1 aliphatic rings. The van der Waals surface area contributed by atoms with Gasteiger partial charge in [0.2, 0.25) is 0 Å². The highest BCUT2D eigenvalue weighted by Gasteiger charge is 2.23. The molecule has 1 fully saturated rings. The van der Waals surface area contributed by atoms with E-state index in [1.165, 1.54) is 4.31 Å². The number of nitrogens with one attached hydrogen (secondary N) is 1. The Kier molecular flexibility index (Phi) is 4.65. The first kappa shape index (κ1) is 13.4. The first-order valence-electron chi connectivity index (χ1n) is 5.91. The standard InChI is InChI=1S/C11H17N3O3S/c15-18(16,14-7-9-17-10-8-14)13-6-4-11-3-1-2-5-12-11/h1-3,5,13H,4,6-10H2. The average Bonchev–Trinajstić information content (AvgIpc) is 2.41. The highest BCUT2D eigenvalue weighted by atomic mass is 32.2. The van der Waals surface area contributed by atoms with Gasteiger partial charge in [-0.3, -0.25) is 4.98 Å². The zero-order chi connectivity index (χ0) is 12.8. The number of rotatable bonds is 5. The predicted molar refractivity (Wildman–Crippen MR) is 67.3 cm³/mol. The van der Waals surface area contributed by atoms with E-state index in [1.807, 2.05) is 18.2 Å². The molecule has 0 radical (unpaired) electrons. The van der Waals surface area contributed by atoms with Crippen molar-refractivity contribution in [1.82, 2.24) is 14.0 Å². The van der Waals surface area contributed by atoms with Crippen LogP contribution in [0.5, 0.6) is 0 Å². The Morgan fingerprint density at radius 1 is 1.33 bits per heavy atom. The molecular formula is C11H17N3O3S. The monoisotopic (exact) mass is 271 g/mol. The van der Waals surface area contributed by atoms with Crippen molar-refractivity contribution >= 4 is 10.2 Å². The zero-order valence-electron chi connectivity index (χ0n) is 10.1. The van der Waals surface area contributed by atoms with Gasteiger partial charge < -0.3 is 4.74 Å². The summed E-state index contributed by atoms with van der Waals surface area (Å²) in [4.78, 5) is 4.14. The minimum absolute atomic E-state index is 0.358. The van der Waals surface area contributed by atoms with Gasteiger partial charge in [0.1, 0.15) is 0 Å². The second-order valence-corrected chi connectivity index (χ2v) is 5.74. The van der Waals surface area contributed by atoms with Crippen LogP contribution >= 0.6 is 0 Å². The summed E-state index contributed by atoms with van der Waals surface area (Å²) >= 11 is 0. The van der Waals surface area contributed by atoms with Crippen molar-refractivity contribution in [3.8, 4) is 0 Å². The quantitative estimate of drug-likeness (QED) is 0.804. The molecule has 6 nitrogen and oxygen atoms in total. The van der Waals surface area contributed by atoms with Gasteiger partial charge >= 0.3 is 0 Å². The van der Waals surface area contributed by atoms with E-state index >= 15 is 0 Å². The Bertz CT molecular complexity index is 458. The summed E-state index contributed by atoms with van der Waals surface area (Å²) in [6.07, 6.45) is 2.29. The first-order valence-corrected chi connectivity index (χ1v) is 7.35. The zero-order valence-corrected chi connectivity index (χ0v) is 10.9. The highest BCUT2D eigenvalue weighted by Crippen LogP contribution is 2.03. The number of hydrogen-bond donors (Lipinski definition) is 1. The van der Waals surface area contributed by atoms with E-state index in [9.17, 15) is 8.42 Å². The van der Waals surface area contributed by atoms with Crippen LogP contribution in [-0.2, 0) is 21.4 Å². The molecule has 0 spiro atoms. The minimum Gasteiger partial charge on any atom is -0.379 e. The Labute approximate surface area is 107 Å². The van der Waals surface area contributed by atoms with Crippen LogP contribution < -0.4 is 4.72 Å². The molecule has 1 aliphatic heterocycles. The highest BCUT2D eigenvalue weighted by molar-refractivity contribution is 7.87. The predicted octanol–water partition coefficient (Wildman–Crippen LogP) is -0.209. The van der Waals surface area contributed by atoms with E-state index in [2.05, 4.69) is 9.71 Å². The Balaban J connectivity index is 1.82. The third-order valence-corrected chi connectivity index (χ3v) is 4.32. The third-order valence-electron chi connectivity index (χ3n) is 2.70. The summed E-state index contributed by atoms with van der Waals surface area (Å²) in [5, 5.41) is 0. The number of morpholine rings is 1. The molecule has 0 aliphatic carbocycles. The lowest BCUT2D eigenvalue weighted by atomic mass is 10.3. The smallest absolute Gasteiger partial charge is 0.279 e. The maximum absolute atomic E-state index is 11.9. The molecule has 0 aromatic carbocycles. The molecule has 100 valence electrons. The van der Waals surface area contributed by atoms with Gasteiger partial charge in [0.05, 0.1) is 13.2 Å². The fourth-order valence-corrected chi connectivity index (χ4v) is 2.90. The van der Waals surface area contributed by atoms with Crippen molar-refractivity contribution in [1.29, 1.82) is 0 Å². The van der Waals surface area contributed by atoms with Crippen molar-refractivity contribution in [3.63, 3.8) is 0 Å². The molecule has 7 heteroatoms. The molecule has 0 unspecified atom stereocenters. The molecule has 0 saturated carbocycles. The molecule has 2 heterocycles. The molecular weight excluding hydrogens is 254 g/mol. The van der Waals surface area contributed by atoms with Crippen molar-refractivity contribution < 1.29 is 13.2 Å². The Hall–Kier alpha value is -1.02. The van der Waals surface area contributed by atoms with Crippen LogP contribution in [0.25, 0.3) is 0 Å². The van der Waals surface area contributed by atoms with E-state index in [0.29, 0.717) is 39.3 Å². The van der Waals surface area contributed by atoms with E-state index in [1.54, 1.807) is 6.20 Å². The number of pyridine rings is 1. The van der Waals surface area contributed by atoms with Gasteiger partial charge in [-0.1, -0.05) is 6.07 Å². The van der Waals surface area contributed by atoms with E-state index in [4.69, 9.17) is 4.74 Å². The largest absolute Gasteiger partial charge is 0.379 e. The van der Waals surface area contributed by atoms with Gasteiger partial charge in [0.15, 0.2) is 0 Å². The van der Waals surface area contributed by atoms with E-state index in [0.717, 1.165) is 5.69 Å². The molecule has 1 N–H and O–H groups in total. The lowest BCUT2D eigenvalue weighted by Gasteiger charge is -2.26. The Morgan fingerprint density at radius 2 is 2.11 bits per heavy atom. The van der Waals surface area contributed by atoms with Gasteiger partial charge in [-0.15, -0.1) is 0 Å².